The molecule has 29 heavy (non-hydrogen) atoms. The van der Waals surface area contributed by atoms with Crippen LogP contribution in [0.5, 0.6) is 0 Å². The molecule has 9 heteroatoms. The summed E-state index contributed by atoms with van der Waals surface area (Å²) in [6, 6.07) is 8.31. The SMILES string of the molecule is CCOP(C)(=O)c1ccccc1-c1ccc(N2CCC(NC=O)C2=O)c(F)c1F. The Morgan fingerprint density at radius 3 is 2.62 bits per heavy atom. The maximum absolute atomic E-state index is 15.0. The van der Waals surface area contributed by atoms with Crippen LogP contribution < -0.4 is 15.5 Å². The molecule has 2 atom stereocenters. The largest absolute Gasteiger partial charge is 0.347 e. The van der Waals surface area contributed by atoms with Crippen molar-refractivity contribution in [2.75, 3.05) is 24.7 Å². The number of rotatable bonds is 7. The predicted molar refractivity (Wildman–Crippen MR) is 107 cm³/mol. The second kappa shape index (κ2) is 8.43. The molecule has 0 radical (unpaired) electrons. The Labute approximate surface area is 167 Å². The van der Waals surface area contributed by atoms with Gasteiger partial charge >= 0.3 is 0 Å². The first-order valence-electron chi connectivity index (χ1n) is 9.13. The molecule has 0 aliphatic carbocycles. The first kappa shape index (κ1) is 21.1. The number of nitrogens with one attached hydrogen (secondary N) is 1. The molecule has 3 rings (SSSR count). The number of anilines is 1. The van der Waals surface area contributed by atoms with E-state index in [1.807, 2.05) is 0 Å². The summed E-state index contributed by atoms with van der Waals surface area (Å²) in [6.45, 7) is 3.50. The monoisotopic (exact) mass is 422 g/mol. The minimum atomic E-state index is -3.24. The van der Waals surface area contributed by atoms with Gasteiger partial charge in [0.25, 0.3) is 0 Å². The van der Waals surface area contributed by atoms with Crippen LogP contribution in [0.25, 0.3) is 11.1 Å². The van der Waals surface area contributed by atoms with Gasteiger partial charge in [-0.1, -0.05) is 18.2 Å². The van der Waals surface area contributed by atoms with Crippen molar-refractivity contribution in [2.45, 2.75) is 19.4 Å². The van der Waals surface area contributed by atoms with Crippen molar-refractivity contribution >= 4 is 30.7 Å². The lowest BCUT2D eigenvalue weighted by atomic mass is 10.0. The molecule has 0 spiro atoms. The summed E-state index contributed by atoms with van der Waals surface area (Å²) < 4.78 is 48.2. The molecule has 6 nitrogen and oxygen atoms in total. The normalized spacial score (nSPS) is 18.6. The average Bonchev–Trinajstić information content (AvgIpc) is 3.05. The third-order valence-electron chi connectivity index (χ3n) is 4.83. The van der Waals surface area contributed by atoms with Gasteiger partial charge in [0, 0.05) is 24.1 Å². The molecule has 2 aromatic carbocycles. The van der Waals surface area contributed by atoms with Crippen LogP contribution in [0.15, 0.2) is 36.4 Å². The molecule has 1 fully saturated rings. The third kappa shape index (κ3) is 3.95. The lowest BCUT2D eigenvalue weighted by Gasteiger charge is -2.20. The summed E-state index contributed by atoms with van der Waals surface area (Å²) in [6.07, 6.45) is 0.709. The molecule has 1 saturated heterocycles. The van der Waals surface area contributed by atoms with E-state index in [9.17, 15) is 18.5 Å². The highest BCUT2D eigenvalue weighted by atomic mass is 31.2. The van der Waals surface area contributed by atoms with Crippen LogP contribution >= 0.6 is 7.37 Å². The number of benzene rings is 2. The fourth-order valence-electron chi connectivity index (χ4n) is 3.48. The number of carbonyl (C=O) groups is 2. The number of carbonyl (C=O) groups excluding carboxylic acids is 2. The number of halogens is 2. The summed E-state index contributed by atoms with van der Waals surface area (Å²) in [7, 11) is -3.24. The molecule has 1 N–H and O–H groups in total. The molecule has 1 heterocycles. The van der Waals surface area contributed by atoms with Gasteiger partial charge in [-0.3, -0.25) is 14.2 Å². The van der Waals surface area contributed by atoms with Crippen molar-refractivity contribution in [2.24, 2.45) is 0 Å². The average molecular weight is 422 g/mol. The Balaban J connectivity index is 2.04. The van der Waals surface area contributed by atoms with E-state index in [1.165, 1.54) is 18.8 Å². The second-order valence-electron chi connectivity index (χ2n) is 6.66. The fraction of sp³-hybridized carbons (Fsp3) is 0.300. The molecule has 154 valence electrons. The maximum Gasteiger partial charge on any atom is 0.249 e. The Kier molecular flexibility index (Phi) is 6.15. The lowest BCUT2D eigenvalue weighted by Crippen LogP contribution is -2.38. The van der Waals surface area contributed by atoms with Gasteiger partial charge < -0.3 is 14.7 Å². The third-order valence-corrected chi connectivity index (χ3v) is 6.85. The summed E-state index contributed by atoms with van der Waals surface area (Å²) in [4.78, 5) is 24.0. The summed E-state index contributed by atoms with van der Waals surface area (Å²) in [5.41, 5.74) is -0.00533. The van der Waals surface area contributed by atoms with Crippen LogP contribution in [-0.4, -0.2) is 38.2 Å². The zero-order valence-electron chi connectivity index (χ0n) is 16.0. The highest BCUT2D eigenvalue weighted by molar-refractivity contribution is 7.66. The van der Waals surface area contributed by atoms with Crippen molar-refractivity contribution in [1.82, 2.24) is 5.32 Å². The highest BCUT2D eigenvalue weighted by Crippen LogP contribution is 2.45. The number of hydrogen-bond acceptors (Lipinski definition) is 4. The van der Waals surface area contributed by atoms with E-state index in [1.54, 1.807) is 31.2 Å². The molecule has 1 aliphatic rings. The van der Waals surface area contributed by atoms with Crippen LogP contribution in [0, 0.1) is 11.6 Å². The van der Waals surface area contributed by atoms with Crippen molar-refractivity contribution in [1.29, 1.82) is 0 Å². The van der Waals surface area contributed by atoms with Gasteiger partial charge in [0.15, 0.2) is 11.6 Å². The molecular weight excluding hydrogens is 401 g/mol. The van der Waals surface area contributed by atoms with E-state index >= 15 is 4.39 Å². The minimum Gasteiger partial charge on any atom is -0.347 e. The Morgan fingerprint density at radius 2 is 1.93 bits per heavy atom. The summed E-state index contributed by atoms with van der Waals surface area (Å²) in [5.74, 6) is -2.83. The summed E-state index contributed by atoms with van der Waals surface area (Å²) >= 11 is 0. The Bertz CT molecular complexity index is 998. The molecule has 1 aliphatic heterocycles. The van der Waals surface area contributed by atoms with Crippen molar-refractivity contribution in [3.63, 3.8) is 0 Å². The van der Waals surface area contributed by atoms with Gasteiger partial charge in [0.05, 0.1) is 12.3 Å². The number of amides is 2. The molecular formula is C20H21F2N2O4P. The second-order valence-corrected chi connectivity index (χ2v) is 9.09. The van der Waals surface area contributed by atoms with E-state index in [-0.39, 0.29) is 30.0 Å². The van der Waals surface area contributed by atoms with Crippen LogP contribution in [0.3, 0.4) is 0 Å². The smallest absolute Gasteiger partial charge is 0.249 e. The number of nitrogens with zero attached hydrogens (tertiary/aromatic N) is 1. The number of hydrogen-bond donors (Lipinski definition) is 1. The maximum atomic E-state index is 15.0. The molecule has 0 aromatic heterocycles. The van der Waals surface area contributed by atoms with E-state index in [0.717, 1.165) is 4.90 Å². The fourth-order valence-corrected chi connectivity index (χ4v) is 5.10. The zero-order chi connectivity index (χ0) is 21.2. The standard InChI is InChI=1S/C20H21F2N2O4P/c1-3-28-29(2,27)17-7-5-4-6-13(17)14-8-9-16(19(22)18(14)21)24-11-10-15(20(24)26)23-12-25/h4-9,12,15H,3,10-11H2,1-2H3,(H,23,25). The van der Waals surface area contributed by atoms with Gasteiger partial charge in [0.2, 0.25) is 19.7 Å². The summed E-state index contributed by atoms with van der Waals surface area (Å²) in [5, 5.41) is 2.66. The molecule has 2 unspecified atom stereocenters. The lowest BCUT2D eigenvalue weighted by molar-refractivity contribution is -0.121. The first-order chi connectivity index (χ1) is 13.8. The van der Waals surface area contributed by atoms with Gasteiger partial charge in [0.1, 0.15) is 6.04 Å². The highest BCUT2D eigenvalue weighted by Gasteiger charge is 2.35. The van der Waals surface area contributed by atoms with E-state index in [2.05, 4.69) is 5.32 Å². The van der Waals surface area contributed by atoms with Crippen LogP contribution in [-0.2, 0) is 18.7 Å². The molecule has 0 bridgehead atoms. The van der Waals surface area contributed by atoms with Crippen LogP contribution in [0.1, 0.15) is 13.3 Å². The topological polar surface area (TPSA) is 75.7 Å². The zero-order valence-corrected chi connectivity index (χ0v) is 16.9. The predicted octanol–water partition coefficient (Wildman–Crippen LogP) is 3.05. The van der Waals surface area contributed by atoms with Crippen LogP contribution in [0.2, 0.25) is 0 Å². The van der Waals surface area contributed by atoms with Gasteiger partial charge in [-0.25, -0.2) is 8.78 Å². The Hall–Kier alpha value is -2.57. The van der Waals surface area contributed by atoms with E-state index in [0.29, 0.717) is 18.1 Å². The van der Waals surface area contributed by atoms with Gasteiger partial charge in [-0.2, -0.15) is 0 Å². The van der Waals surface area contributed by atoms with Gasteiger partial charge in [-0.15, -0.1) is 0 Å². The Morgan fingerprint density at radius 1 is 1.21 bits per heavy atom. The molecule has 2 amide bonds. The van der Waals surface area contributed by atoms with E-state index < -0.39 is 31.0 Å². The van der Waals surface area contributed by atoms with Crippen LogP contribution in [0.4, 0.5) is 14.5 Å². The van der Waals surface area contributed by atoms with E-state index in [4.69, 9.17) is 4.52 Å². The van der Waals surface area contributed by atoms with Crippen molar-refractivity contribution in [3.8, 4) is 11.1 Å². The van der Waals surface area contributed by atoms with Crippen molar-refractivity contribution < 1.29 is 27.5 Å². The molecule has 2 aromatic rings. The van der Waals surface area contributed by atoms with Gasteiger partial charge in [-0.05, 0) is 37.1 Å². The van der Waals surface area contributed by atoms with Crippen molar-refractivity contribution in [3.05, 3.63) is 48.0 Å². The first-order valence-corrected chi connectivity index (χ1v) is 11.2. The minimum absolute atomic E-state index is 0.0714. The quantitative estimate of drug-likeness (QED) is 0.550. The molecule has 0 saturated carbocycles.